The monoisotopic (exact) mass is 305 g/mol. The van der Waals surface area contributed by atoms with Gasteiger partial charge in [0.15, 0.2) is 5.69 Å². The Hall–Kier alpha value is -2.60. The van der Waals surface area contributed by atoms with E-state index in [2.05, 4.69) is 15.6 Å². The summed E-state index contributed by atoms with van der Waals surface area (Å²) in [6.07, 6.45) is 0. The number of nitrogens with one attached hydrogen (secondary N) is 2. The summed E-state index contributed by atoms with van der Waals surface area (Å²) in [4.78, 5) is 25.8. The summed E-state index contributed by atoms with van der Waals surface area (Å²) in [5.74, 6) is -0.977. The lowest BCUT2D eigenvalue weighted by Crippen LogP contribution is -2.06. The lowest BCUT2D eigenvalue weighted by atomic mass is 10.2. The molecule has 108 valence electrons. The standard InChI is InChI=1S/C14H12ClN3O3/c1-8(19)16-9-2-4-10(5-3-9)17-12-7-6-11(15)13(18-12)14(20)21/h2-7H,1H3,(H,16,19)(H,17,18)(H,20,21). The summed E-state index contributed by atoms with van der Waals surface area (Å²) < 4.78 is 0. The zero-order valence-corrected chi connectivity index (χ0v) is 11.8. The van der Waals surface area contributed by atoms with E-state index in [4.69, 9.17) is 16.7 Å². The first-order valence-electron chi connectivity index (χ1n) is 6.00. The molecule has 0 radical (unpaired) electrons. The van der Waals surface area contributed by atoms with Gasteiger partial charge in [-0.05, 0) is 36.4 Å². The Morgan fingerprint density at radius 1 is 1.10 bits per heavy atom. The number of aromatic nitrogens is 1. The predicted molar refractivity (Wildman–Crippen MR) is 80.2 cm³/mol. The maximum absolute atomic E-state index is 11.0. The third-order valence-electron chi connectivity index (χ3n) is 2.53. The molecule has 0 aliphatic heterocycles. The summed E-state index contributed by atoms with van der Waals surface area (Å²) >= 11 is 5.75. The number of hydrogen-bond donors (Lipinski definition) is 3. The van der Waals surface area contributed by atoms with Crippen LogP contribution in [0.1, 0.15) is 17.4 Å². The number of benzene rings is 1. The van der Waals surface area contributed by atoms with E-state index in [1.807, 2.05) is 0 Å². The molecule has 0 unspecified atom stereocenters. The number of carbonyl (C=O) groups excluding carboxylic acids is 1. The van der Waals surface area contributed by atoms with Gasteiger partial charge in [0.05, 0.1) is 5.02 Å². The van der Waals surface area contributed by atoms with E-state index in [-0.39, 0.29) is 16.6 Å². The van der Waals surface area contributed by atoms with E-state index in [1.54, 1.807) is 30.3 Å². The number of carboxylic acid groups (broad SMARTS) is 1. The molecule has 6 nitrogen and oxygen atoms in total. The average Bonchev–Trinajstić information content (AvgIpc) is 2.42. The Labute approximate surface area is 125 Å². The fourth-order valence-corrected chi connectivity index (χ4v) is 1.84. The number of rotatable bonds is 4. The van der Waals surface area contributed by atoms with Crippen LogP contribution in [0.15, 0.2) is 36.4 Å². The van der Waals surface area contributed by atoms with Crippen LogP contribution in [-0.4, -0.2) is 22.0 Å². The van der Waals surface area contributed by atoms with Crippen LogP contribution in [0.5, 0.6) is 0 Å². The van der Waals surface area contributed by atoms with Crippen molar-refractivity contribution < 1.29 is 14.7 Å². The second-order valence-electron chi connectivity index (χ2n) is 4.22. The highest BCUT2D eigenvalue weighted by Gasteiger charge is 2.11. The minimum atomic E-state index is -1.19. The van der Waals surface area contributed by atoms with Crippen molar-refractivity contribution in [3.8, 4) is 0 Å². The molecule has 1 amide bonds. The minimum Gasteiger partial charge on any atom is -0.476 e. The third kappa shape index (κ3) is 3.93. The van der Waals surface area contributed by atoms with Crippen molar-refractivity contribution in [2.45, 2.75) is 6.92 Å². The summed E-state index contributed by atoms with van der Waals surface area (Å²) in [6, 6.07) is 9.96. The van der Waals surface area contributed by atoms with E-state index in [1.165, 1.54) is 13.0 Å². The molecule has 0 spiro atoms. The smallest absolute Gasteiger partial charge is 0.356 e. The molecule has 3 N–H and O–H groups in total. The van der Waals surface area contributed by atoms with E-state index >= 15 is 0 Å². The Balaban J connectivity index is 2.16. The lowest BCUT2D eigenvalue weighted by Gasteiger charge is -2.08. The number of nitrogens with zero attached hydrogens (tertiary/aromatic N) is 1. The van der Waals surface area contributed by atoms with Gasteiger partial charge in [0.2, 0.25) is 5.91 Å². The first-order chi connectivity index (χ1) is 9.95. The van der Waals surface area contributed by atoms with Crippen LogP contribution in [0.25, 0.3) is 0 Å². The molecule has 0 atom stereocenters. The molecule has 0 bridgehead atoms. The zero-order valence-electron chi connectivity index (χ0n) is 11.1. The highest BCUT2D eigenvalue weighted by Crippen LogP contribution is 2.21. The molecule has 0 aliphatic rings. The van der Waals surface area contributed by atoms with E-state index in [0.29, 0.717) is 17.2 Å². The number of carboxylic acids is 1. The van der Waals surface area contributed by atoms with Gasteiger partial charge in [-0.25, -0.2) is 9.78 Å². The number of hydrogen-bond acceptors (Lipinski definition) is 4. The summed E-state index contributed by atoms with van der Waals surface area (Å²) in [6.45, 7) is 1.43. The maximum Gasteiger partial charge on any atom is 0.356 e. The molecule has 1 aromatic heterocycles. The Morgan fingerprint density at radius 2 is 1.71 bits per heavy atom. The van der Waals surface area contributed by atoms with Crippen molar-refractivity contribution in [3.63, 3.8) is 0 Å². The first-order valence-corrected chi connectivity index (χ1v) is 6.38. The van der Waals surface area contributed by atoms with Crippen molar-refractivity contribution in [2.24, 2.45) is 0 Å². The Bertz CT molecular complexity index is 686. The molecule has 7 heteroatoms. The van der Waals surface area contributed by atoms with Gasteiger partial charge in [-0.3, -0.25) is 4.79 Å². The molecule has 0 aliphatic carbocycles. The number of anilines is 3. The number of aromatic carboxylic acids is 1. The van der Waals surface area contributed by atoms with Crippen LogP contribution >= 0.6 is 11.6 Å². The van der Waals surface area contributed by atoms with Gasteiger partial charge in [-0.15, -0.1) is 0 Å². The topological polar surface area (TPSA) is 91.3 Å². The molecule has 2 aromatic rings. The fraction of sp³-hybridized carbons (Fsp3) is 0.0714. The van der Waals surface area contributed by atoms with Gasteiger partial charge in [0.25, 0.3) is 0 Å². The quantitative estimate of drug-likeness (QED) is 0.807. The molecule has 0 saturated heterocycles. The van der Waals surface area contributed by atoms with Gasteiger partial charge < -0.3 is 15.7 Å². The molecule has 1 aromatic carbocycles. The number of carbonyl (C=O) groups is 2. The van der Waals surface area contributed by atoms with E-state index in [0.717, 1.165) is 0 Å². The van der Waals surface area contributed by atoms with Crippen LogP contribution in [0, 0.1) is 0 Å². The van der Waals surface area contributed by atoms with Crippen molar-refractivity contribution >= 4 is 40.7 Å². The van der Waals surface area contributed by atoms with Crippen LogP contribution in [0.4, 0.5) is 17.2 Å². The lowest BCUT2D eigenvalue weighted by molar-refractivity contribution is -0.114. The molecular formula is C14H12ClN3O3. The SMILES string of the molecule is CC(=O)Nc1ccc(Nc2ccc(Cl)c(C(=O)O)n2)cc1. The molecule has 0 saturated carbocycles. The normalized spacial score (nSPS) is 10.0. The highest BCUT2D eigenvalue weighted by molar-refractivity contribution is 6.33. The summed E-state index contributed by atoms with van der Waals surface area (Å²) in [7, 11) is 0. The molecular weight excluding hydrogens is 294 g/mol. The van der Waals surface area contributed by atoms with Crippen LogP contribution < -0.4 is 10.6 Å². The van der Waals surface area contributed by atoms with Crippen LogP contribution in [0.3, 0.4) is 0 Å². The van der Waals surface area contributed by atoms with Gasteiger partial charge >= 0.3 is 5.97 Å². The van der Waals surface area contributed by atoms with Crippen molar-refractivity contribution in [1.82, 2.24) is 4.98 Å². The number of amides is 1. The van der Waals surface area contributed by atoms with Gasteiger partial charge in [0, 0.05) is 18.3 Å². The van der Waals surface area contributed by atoms with Crippen LogP contribution in [0.2, 0.25) is 5.02 Å². The van der Waals surface area contributed by atoms with Crippen molar-refractivity contribution in [2.75, 3.05) is 10.6 Å². The molecule has 2 rings (SSSR count). The second-order valence-corrected chi connectivity index (χ2v) is 4.62. The highest BCUT2D eigenvalue weighted by atomic mass is 35.5. The fourth-order valence-electron chi connectivity index (χ4n) is 1.65. The molecule has 1 heterocycles. The van der Waals surface area contributed by atoms with Gasteiger partial charge in [0.1, 0.15) is 5.82 Å². The average molecular weight is 306 g/mol. The van der Waals surface area contributed by atoms with Gasteiger partial charge in [-0.1, -0.05) is 11.6 Å². The molecule has 0 fully saturated rings. The number of pyridine rings is 1. The maximum atomic E-state index is 11.0. The van der Waals surface area contributed by atoms with Crippen molar-refractivity contribution in [1.29, 1.82) is 0 Å². The van der Waals surface area contributed by atoms with E-state index in [9.17, 15) is 9.59 Å². The van der Waals surface area contributed by atoms with Gasteiger partial charge in [-0.2, -0.15) is 0 Å². The number of halogens is 1. The minimum absolute atomic E-state index is 0.0778. The largest absolute Gasteiger partial charge is 0.476 e. The summed E-state index contributed by atoms with van der Waals surface area (Å²) in [5.41, 5.74) is 1.16. The van der Waals surface area contributed by atoms with Crippen molar-refractivity contribution in [3.05, 3.63) is 47.1 Å². The Morgan fingerprint density at radius 3 is 2.29 bits per heavy atom. The summed E-state index contributed by atoms with van der Waals surface area (Å²) in [5, 5.41) is 14.7. The van der Waals surface area contributed by atoms with Crippen LogP contribution in [-0.2, 0) is 4.79 Å². The van der Waals surface area contributed by atoms with E-state index < -0.39 is 5.97 Å². The Kier molecular flexibility index (Phi) is 4.39. The first kappa shape index (κ1) is 14.8. The predicted octanol–water partition coefficient (Wildman–Crippen LogP) is 3.14. The zero-order chi connectivity index (χ0) is 15.4. The molecule has 21 heavy (non-hydrogen) atoms. The second kappa shape index (κ2) is 6.23. The third-order valence-corrected chi connectivity index (χ3v) is 2.83.